The van der Waals surface area contributed by atoms with Crippen LogP contribution < -0.4 is 0 Å². The molecule has 0 aromatic carbocycles. The van der Waals surface area contributed by atoms with E-state index in [0.717, 1.165) is 45.1 Å². The Morgan fingerprint density at radius 3 is 2.41 bits per heavy atom. The first-order chi connectivity index (χ1) is 10.7. The summed E-state index contributed by atoms with van der Waals surface area (Å²) in [6.07, 6.45) is 11.1. The quantitative estimate of drug-likeness (QED) is 0.210. The Kier molecular flexibility index (Phi) is 15.6. The average molecular weight is 310 g/mol. The Morgan fingerprint density at radius 2 is 1.68 bits per heavy atom. The number of carbonyl (C=O) groups is 1. The van der Waals surface area contributed by atoms with E-state index in [1.54, 1.807) is 0 Å². The molecule has 0 aliphatic rings. The lowest BCUT2D eigenvalue weighted by Crippen LogP contribution is -2.08. The number of unbranched alkanes of at least 4 members (excludes halogenated alkanes) is 6. The molecule has 0 bridgehead atoms. The molecule has 128 valence electrons. The van der Waals surface area contributed by atoms with Gasteiger partial charge in [0.2, 0.25) is 0 Å². The van der Waals surface area contributed by atoms with Gasteiger partial charge in [-0.2, -0.15) is 0 Å². The van der Waals surface area contributed by atoms with Crippen LogP contribution in [0.1, 0.15) is 85.0 Å². The Hall–Kier alpha value is -1.01. The second kappa shape index (κ2) is 16.4. The standard InChI is InChI=1S/C19H34O3/c1-4-6-8-12-17-22-19(20)15-11-9-10-13-16-21-18(3)14-7-5-2/h18H,4-10,12-14,16-17H2,1-3H3. The van der Waals surface area contributed by atoms with E-state index in [-0.39, 0.29) is 5.97 Å². The van der Waals surface area contributed by atoms with Crippen LogP contribution >= 0.6 is 0 Å². The van der Waals surface area contributed by atoms with Crippen LogP contribution in [0, 0.1) is 11.8 Å². The third-order valence-electron chi connectivity index (χ3n) is 3.48. The molecule has 0 fully saturated rings. The summed E-state index contributed by atoms with van der Waals surface area (Å²) in [7, 11) is 0. The van der Waals surface area contributed by atoms with E-state index in [1.165, 1.54) is 25.7 Å². The van der Waals surface area contributed by atoms with Gasteiger partial charge < -0.3 is 9.47 Å². The van der Waals surface area contributed by atoms with Gasteiger partial charge in [-0.1, -0.05) is 51.9 Å². The van der Waals surface area contributed by atoms with Crippen LogP contribution in [0.15, 0.2) is 0 Å². The second-order valence-corrected chi connectivity index (χ2v) is 5.78. The summed E-state index contributed by atoms with van der Waals surface area (Å²) in [5, 5.41) is 0. The van der Waals surface area contributed by atoms with E-state index < -0.39 is 0 Å². The number of ether oxygens (including phenoxy) is 2. The molecular formula is C19H34O3. The van der Waals surface area contributed by atoms with E-state index in [0.29, 0.717) is 12.7 Å². The highest BCUT2D eigenvalue weighted by Gasteiger charge is 2.00. The lowest BCUT2D eigenvalue weighted by atomic mass is 10.2. The molecule has 3 heteroatoms. The minimum Gasteiger partial charge on any atom is -0.456 e. The summed E-state index contributed by atoms with van der Waals surface area (Å²) < 4.78 is 10.8. The van der Waals surface area contributed by atoms with Crippen molar-refractivity contribution in [3.63, 3.8) is 0 Å². The van der Waals surface area contributed by atoms with E-state index in [9.17, 15) is 4.79 Å². The molecular weight excluding hydrogens is 276 g/mol. The van der Waals surface area contributed by atoms with Crippen LogP contribution in [0.3, 0.4) is 0 Å². The number of hydrogen-bond acceptors (Lipinski definition) is 3. The van der Waals surface area contributed by atoms with Gasteiger partial charge in [-0.05, 0) is 32.6 Å². The lowest BCUT2D eigenvalue weighted by molar-refractivity contribution is -0.136. The molecule has 0 amide bonds. The maximum absolute atomic E-state index is 11.3. The van der Waals surface area contributed by atoms with Gasteiger partial charge in [0.05, 0.1) is 12.7 Å². The van der Waals surface area contributed by atoms with Gasteiger partial charge in [0, 0.05) is 18.9 Å². The number of hydrogen-bond donors (Lipinski definition) is 0. The van der Waals surface area contributed by atoms with Gasteiger partial charge in [0.15, 0.2) is 0 Å². The Balaban J connectivity index is 3.41. The largest absolute Gasteiger partial charge is 0.456 e. The maximum atomic E-state index is 11.3. The van der Waals surface area contributed by atoms with Crippen molar-refractivity contribution in [3.8, 4) is 11.8 Å². The third-order valence-corrected chi connectivity index (χ3v) is 3.48. The minimum absolute atomic E-state index is 0.355. The molecule has 3 nitrogen and oxygen atoms in total. The summed E-state index contributed by atoms with van der Waals surface area (Å²) in [4.78, 5) is 11.3. The molecule has 0 aromatic heterocycles. The smallest absolute Gasteiger partial charge is 0.384 e. The van der Waals surface area contributed by atoms with E-state index in [2.05, 4.69) is 32.6 Å². The molecule has 0 spiro atoms. The van der Waals surface area contributed by atoms with Crippen molar-refractivity contribution in [2.45, 2.75) is 91.1 Å². The van der Waals surface area contributed by atoms with Crippen molar-refractivity contribution in [1.82, 2.24) is 0 Å². The number of carbonyl (C=O) groups excluding carboxylic acids is 1. The van der Waals surface area contributed by atoms with Gasteiger partial charge in [-0.15, -0.1) is 0 Å². The zero-order valence-electron chi connectivity index (χ0n) is 14.8. The van der Waals surface area contributed by atoms with Crippen molar-refractivity contribution in [2.75, 3.05) is 13.2 Å². The zero-order valence-corrected chi connectivity index (χ0v) is 14.8. The molecule has 1 unspecified atom stereocenters. The topological polar surface area (TPSA) is 35.5 Å². The maximum Gasteiger partial charge on any atom is 0.384 e. The molecule has 0 radical (unpaired) electrons. The highest BCUT2D eigenvalue weighted by atomic mass is 16.5. The van der Waals surface area contributed by atoms with Gasteiger partial charge in [-0.25, -0.2) is 4.79 Å². The van der Waals surface area contributed by atoms with Crippen LogP contribution in [-0.2, 0) is 14.3 Å². The van der Waals surface area contributed by atoms with Crippen LogP contribution in [0.2, 0.25) is 0 Å². The Morgan fingerprint density at radius 1 is 0.955 bits per heavy atom. The fraction of sp³-hybridized carbons (Fsp3) is 0.842. The SMILES string of the molecule is CCCCCCOC(=O)C#CCCCCOC(C)CCCC. The first kappa shape index (κ1) is 21.0. The molecule has 0 heterocycles. The Bertz CT molecular complexity index is 314. The van der Waals surface area contributed by atoms with Crippen molar-refractivity contribution < 1.29 is 14.3 Å². The third kappa shape index (κ3) is 15.4. The van der Waals surface area contributed by atoms with Crippen LogP contribution in [-0.4, -0.2) is 25.3 Å². The molecule has 0 aliphatic carbocycles. The van der Waals surface area contributed by atoms with E-state index in [1.807, 2.05) is 0 Å². The predicted octanol–water partition coefficient (Wildman–Crippen LogP) is 4.88. The fourth-order valence-electron chi connectivity index (χ4n) is 2.04. The first-order valence-electron chi connectivity index (χ1n) is 8.97. The molecule has 0 saturated carbocycles. The molecule has 22 heavy (non-hydrogen) atoms. The van der Waals surface area contributed by atoms with Crippen molar-refractivity contribution in [3.05, 3.63) is 0 Å². The zero-order chi connectivity index (χ0) is 16.5. The van der Waals surface area contributed by atoms with Crippen molar-refractivity contribution >= 4 is 5.97 Å². The fourth-order valence-corrected chi connectivity index (χ4v) is 2.04. The highest BCUT2D eigenvalue weighted by molar-refractivity contribution is 5.88. The molecule has 0 aromatic rings. The summed E-state index contributed by atoms with van der Waals surface area (Å²) in [6, 6.07) is 0. The highest BCUT2D eigenvalue weighted by Crippen LogP contribution is 2.05. The van der Waals surface area contributed by atoms with E-state index in [4.69, 9.17) is 9.47 Å². The monoisotopic (exact) mass is 310 g/mol. The van der Waals surface area contributed by atoms with Gasteiger partial charge in [0.1, 0.15) is 0 Å². The molecule has 0 N–H and O–H groups in total. The Labute approximate surface area is 137 Å². The van der Waals surface area contributed by atoms with Gasteiger partial charge >= 0.3 is 5.97 Å². The minimum atomic E-state index is -0.388. The van der Waals surface area contributed by atoms with Crippen LogP contribution in [0.4, 0.5) is 0 Å². The summed E-state index contributed by atoms with van der Waals surface area (Å²) in [5.41, 5.74) is 0. The number of rotatable bonds is 13. The molecule has 0 aliphatic heterocycles. The summed E-state index contributed by atoms with van der Waals surface area (Å²) in [5.74, 6) is 5.04. The van der Waals surface area contributed by atoms with Crippen LogP contribution in [0.5, 0.6) is 0 Å². The normalized spacial score (nSPS) is 11.6. The molecule has 0 rings (SSSR count). The van der Waals surface area contributed by atoms with Gasteiger partial charge in [-0.3, -0.25) is 0 Å². The van der Waals surface area contributed by atoms with Crippen molar-refractivity contribution in [2.24, 2.45) is 0 Å². The summed E-state index contributed by atoms with van der Waals surface area (Å²) >= 11 is 0. The summed E-state index contributed by atoms with van der Waals surface area (Å²) in [6.45, 7) is 7.77. The number of esters is 1. The lowest BCUT2D eigenvalue weighted by Gasteiger charge is -2.11. The van der Waals surface area contributed by atoms with Gasteiger partial charge in [0.25, 0.3) is 0 Å². The second-order valence-electron chi connectivity index (χ2n) is 5.78. The first-order valence-corrected chi connectivity index (χ1v) is 8.97. The average Bonchev–Trinajstić information content (AvgIpc) is 2.51. The van der Waals surface area contributed by atoms with E-state index >= 15 is 0 Å². The predicted molar refractivity (Wildman–Crippen MR) is 91.7 cm³/mol. The van der Waals surface area contributed by atoms with Crippen LogP contribution in [0.25, 0.3) is 0 Å². The van der Waals surface area contributed by atoms with Crippen molar-refractivity contribution in [1.29, 1.82) is 0 Å². The molecule has 1 atom stereocenters. The molecule has 0 saturated heterocycles.